The monoisotopic (exact) mass is 345 g/mol. The molecule has 7 heteroatoms. The van der Waals surface area contributed by atoms with Crippen LogP contribution in [0.4, 0.5) is 13.2 Å². The molecule has 1 aliphatic rings. The number of fused-ring (bicyclic) bond motifs is 1. The van der Waals surface area contributed by atoms with Crippen LogP contribution in [-0.2, 0) is 40.3 Å². The molecule has 1 N–H and O–H groups in total. The first-order valence-corrected chi connectivity index (χ1v) is 8.01. The molecular formula is C17H22F3NO3. The molecule has 4 nitrogen and oxygen atoms in total. The first kappa shape index (κ1) is 18.7. The summed E-state index contributed by atoms with van der Waals surface area (Å²) in [5.41, 5.74) is 3.87. The van der Waals surface area contributed by atoms with Gasteiger partial charge in [-0.15, -0.1) is 0 Å². The van der Waals surface area contributed by atoms with Crippen molar-refractivity contribution in [1.82, 2.24) is 5.32 Å². The van der Waals surface area contributed by atoms with Crippen molar-refractivity contribution >= 4 is 5.91 Å². The quantitative estimate of drug-likeness (QED) is 0.827. The molecule has 0 atom stereocenters. The minimum atomic E-state index is -4.85. The van der Waals surface area contributed by atoms with Gasteiger partial charge in [-0.1, -0.05) is 12.1 Å². The summed E-state index contributed by atoms with van der Waals surface area (Å²) in [6, 6.07) is 3.38. The summed E-state index contributed by atoms with van der Waals surface area (Å²) >= 11 is 0. The van der Waals surface area contributed by atoms with Gasteiger partial charge in [-0.3, -0.25) is 4.79 Å². The van der Waals surface area contributed by atoms with Crippen molar-refractivity contribution in [3.05, 3.63) is 34.4 Å². The van der Waals surface area contributed by atoms with Crippen LogP contribution in [0.2, 0.25) is 0 Å². The lowest BCUT2D eigenvalue weighted by molar-refractivity contribution is -0.174. The van der Waals surface area contributed by atoms with Crippen LogP contribution in [0.15, 0.2) is 12.1 Å². The standard InChI is InChI=1S/C17H22F3NO3/c1-3-23-9-13-5-11-7-15(21-16(22)17(18,19)20)8-12(11)6-14(13)10-24-4-2/h5-6,15H,3-4,7-10H2,1-2H3,(H,21,22). The molecule has 0 fully saturated rings. The van der Waals surface area contributed by atoms with Gasteiger partial charge in [0.15, 0.2) is 0 Å². The molecule has 1 amide bonds. The number of amides is 1. The van der Waals surface area contributed by atoms with E-state index in [-0.39, 0.29) is 0 Å². The smallest absolute Gasteiger partial charge is 0.377 e. The van der Waals surface area contributed by atoms with Gasteiger partial charge >= 0.3 is 12.1 Å². The third-order valence-corrected chi connectivity index (χ3v) is 3.97. The molecule has 1 aromatic rings. The fraction of sp³-hybridized carbons (Fsp3) is 0.588. The van der Waals surface area contributed by atoms with Crippen LogP contribution in [0.25, 0.3) is 0 Å². The Kier molecular flexibility index (Phi) is 6.23. The Morgan fingerprint density at radius 1 is 1.08 bits per heavy atom. The highest BCUT2D eigenvalue weighted by molar-refractivity contribution is 5.82. The minimum absolute atomic E-state index is 0.394. The molecule has 0 aliphatic heterocycles. The lowest BCUT2D eigenvalue weighted by atomic mass is 10.0. The van der Waals surface area contributed by atoms with Crippen LogP contribution in [0.3, 0.4) is 0 Å². The highest BCUT2D eigenvalue weighted by Crippen LogP contribution is 2.28. The van der Waals surface area contributed by atoms with Gasteiger partial charge in [0, 0.05) is 19.3 Å². The molecule has 24 heavy (non-hydrogen) atoms. The van der Waals surface area contributed by atoms with Crippen LogP contribution in [0.5, 0.6) is 0 Å². The van der Waals surface area contributed by atoms with Gasteiger partial charge in [0.2, 0.25) is 0 Å². The lowest BCUT2D eigenvalue weighted by Crippen LogP contribution is -2.43. The highest BCUT2D eigenvalue weighted by Gasteiger charge is 2.40. The van der Waals surface area contributed by atoms with E-state index in [4.69, 9.17) is 9.47 Å². The minimum Gasteiger partial charge on any atom is -0.377 e. The number of benzene rings is 1. The lowest BCUT2D eigenvalue weighted by Gasteiger charge is -2.13. The Hall–Kier alpha value is -1.60. The second kappa shape index (κ2) is 7.98. The van der Waals surface area contributed by atoms with Crippen molar-refractivity contribution in [1.29, 1.82) is 0 Å². The molecule has 1 aliphatic carbocycles. The van der Waals surface area contributed by atoms with Gasteiger partial charge in [-0.2, -0.15) is 13.2 Å². The Balaban J connectivity index is 2.13. The zero-order valence-electron chi connectivity index (χ0n) is 13.8. The topological polar surface area (TPSA) is 47.6 Å². The third-order valence-electron chi connectivity index (χ3n) is 3.97. The summed E-state index contributed by atoms with van der Waals surface area (Å²) < 4.78 is 48.1. The number of carbonyl (C=O) groups is 1. The SMILES string of the molecule is CCOCc1cc2c(cc1COCC)CC(NC(=O)C(F)(F)F)C2. The summed E-state index contributed by atoms with van der Waals surface area (Å²) in [4.78, 5) is 11.1. The Morgan fingerprint density at radius 2 is 1.54 bits per heavy atom. The van der Waals surface area contributed by atoms with Gasteiger partial charge in [-0.05, 0) is 48.9 Å². The first-order valence-electron chi connectivity index (χ1n) is 8.01. The van der Waals surface area contributed by atoms with E-state index < -0.39 is 18.1 Å². The van der Waals surface area contributed by atoms with E-state index in [1.54, 1.807) is 0 Å². The number of nitrogens with one attached hydrogen (secondary N) is 1. The summed E-state index contributed by atoms with van der Waals surface area (Å²) in [5, 5.41) is 2.06. The van der Waals surface area contributed by atoms with Crippen LogP contribution >= 0.6 is 0 Å². The predicted molar refractivity (Wildman–Crippen MR) is 82.5 cm³/mol. The van der Waals surface area contributed by atoms with Gasteiger partial charge in [0.1, 0.15) is 0 Å². The number of rotatable bonds is 7. The molecule has 0 spiro atoms. The third kappa shape index (κ3) is 4.70. The Labute approximate surface area is 139 Å². The van der Waals surface area contributed by atoms with Crippen molar-refractivity contribution in [2.75, 3.05) is 13.2 Å². The zero-order chi connectivity index (χ0) is 17.7. The second-order valence-electron chi connectivity index (χ2n) is 5.74. The van der Waals surface area contributed by atoms with E-state index >= 15 is 0 Å². The van der Waals surface area contributed by atoms with Crippen LogP contribution in [0, 0.1) is 0 Å². The maximum absolute atomic E-state index is 12.4. The summed E-state index contributed by atoms with van der Waals surface area (Å²) in [5.74, 6) is -1.88. The molecule has 0 saturated heterocycles. The average molecular weight is 345 g/mol. The normalized spacial score (nSPS) is 14.7. The molecule has 2 rings (SSSR count). The van der Waals surface area contributed by atoms with Crippen molar-refractivity contribution in [3.8, 4) is 0 Å². The van der Waals surface area contributed by atoms with Gasteiger partial charge in [0.25, 0.3) is 0 Å². The Bertz CT molecular complexity index is 550. The number of carbonyl (C=O) groups excluding carboxylic acids is 1. The molecule has 0 heterocycles. The Morgan fingerprint density at radius 3 is 1.92 bits per heavy atom. The molecule has 134 valence electrons. The second-order valence-corrected chi connectivity index (χ2v) is 5.74. The molecule has 0 radical (unpaired) electrons. The van der Waals surface area contributed by atoms with Crippen LogP contribution in [-0.4, -0.2) is 31.3 Å². The summed E-state index contributed by atoms with van der Waals surface area (Å²) in [6.45, 7) is 5.83. The van der Waals surface area contributed by atoms with Crippen molar-refractivity contribution < 1.29 is 27.4 Å². The van der Waals surface area contributed by atoms with Crippen molar-refractivity contribution in [2.24, 2.45) is 0 Å². The van der Waals surface area contributed by atoms with Gasteiger partial charge in [-0.25, -0.2) is 0 Å². The first-order chi connectivity index (χ1) is 11.3. The van der Waals surface area contributed by atoms with Gasteiger partial charge < -0.3 is 14.8 Å². The number of halogens is 3. The zero-order valence-corrected chi connectivity index (χ0v) is 13.8. The van der Waals surface area contributed by atoms with E-state index in [0.29, 0.717) is 39.3 Å². The number of hydrogen-bond donors (Lipinski definition) is 1. The molecule has 0 aromatic heterocycles. The summed E-state index contributed by atoms with van der Waals surface area (Å²) in [6.07, 6.45) is -4.06. The average Bonchev–Trinajstić information content (AvgIpc) is 2.90. The van der Waals surface area contributed by atoms with Crippen molar-refractivity contribution in [3.63, 3.8) is 0 Å². The van der Waals surface area contributed by atoms with E-state index in [0.717, 1.165) is 22.3 Å². The maximum Gasteiger partial charge on any atom is 0.471 e. The number of ether oxygens (including phenoxy) is 2. The molecule has 0 unspecified atom stereocenters. The maximum atomic E-state index is 12.4. The number of hydrogen-bond acceptors (Lipinski definition) is 3. The van der Waals surface area contributed by atoms with E-state index in [1.807, 2.05) is 26.0 Å². The molecule has 1 aromatic carbocycles. The predicted octanol–water partition coefficient (Wildman–Crippen LogP) is 2.91. The van der Waals surface area contributed by atoms with Crippen LogP contribution in [0.1, 0.15) is 36.1 Å². The van der Waals surface area contributed by atoms with Crippen molar-refractivity contribution in [2.45, 2.75) is 52.1 Å². The summed E-state index contributed by atoms with van der Waals surface area (Å²) in [7, 11) is 0. The van der Waals surface area contributed by atoms with E-state index in [2.05, 4.69) is 5.32 Å². The van der Waals surface area contributed by atoms with E-state index in [9.17, 15) is 18.0 Å². The molecular weight excluding hydrogens is 323 g/mol. The molecule has 0 saturated carbocycles. The highest BCUT2D eigenvalue weighted by atomic mass is 19.4. The largest absolute Gasteiger partial charge is 0.471 e. The fourth-order valence-electron chi connectivity index (χ4n) is 2.84. The van der Waals surface area contributed by atoms with E-state index in [1.165, 1.54) is 0 Å². The number of alkyl halides is 3. The van der Waals surface area contributed by atoms with Crippen LogP contribution < -0.4 is 5.32 Å². The van der Waals surface area contributed by atoms with Gasteiger partial charge in [0.05, 0.1) is 13.2 Å². The fourth-order valence-corrected chi connectivity index (χ4v) is 2.84. The molecule has 0 bridgehead atoms.